The lowest BCUT2D eigenvalue weighted by Gasteiger charge is -2.16. The third kappa shape index (κ3) is 3.82. The van der Waals surface area contributed by atoms with E-state index in [4.69, 9.17) is 11.6 Å². The molecule has 0 aliphatic heterocycles. The number of carbonyl (C=O) groups is 1. The van der Waals surface area contributed by atoms with Crippen molar-refractivity contribution >= 4 is 17.5 Å². The highest BCUT2D eigenvalue weighted by Crippen LogP contribution is 2.20. The van der Waals surface area contributed by atoms with Gasteiger partial charge in [0, 0.05) is 10.9 Å². The third-order valence-electron chi connectivity index (χ3n) is 3.22. The predicted molar refractivity (Wildman–Crippen MR) is 82.4 cm³/mol. The molecule has 0 fully saturated rings. The molecule has 2 N–H and O–H groups in total. The van der Waals surface area contributed by atoms with Crippen LogP contribution in [-0.4, -0.2) is 21.1 Å². The second-order valence-electron chi connectivity index (χ2n) is 5.19. The van der Waals surface area contributed by atoms with E-state index in [0.29, 0.717) is 10.8 Å². The summed E-state index contributed by atoms with van der Waals surface area (Å²) >= 11 is 6.00. The van der Waals surface area contributed by atoms with Gasteiger partial charge in [0.25, 0.3) is 5.91 Å². The Labute approximate surface area is 129 Å². The number of rotatable bonds is 5. The Balaban J connectivity index is 2.12. The maximum Gasteiger partial charge on any atom is 0.291 e. The van der Waals surface area contributed by atoms with Gasteiger partial charge in [-0.15, -0.1) is 5.10 Å². The Morgan fingerprint density at radius 3 is 2.76 bits per heavy atom. The van der Waals surface area contributed by atoms with Crippen molar-refractivity contribution in [2.75, 3.05) is 0 Å². The van der Waals surface area contributed by atoms with Crippen molar-refractivity contribution in [2.45, 2.75) is 39.2 Å². The summed E-state index contributed by atoms with van der Waals surface area (Å²) in [5.41, 5.74) is 0.970. The van der Waals surface area contributed by atoms with Gasteiger partial charge in [-0.3, -0.25) is 9.89 Å². The number of hydrogen-bond acceptors (Lipinski definition) is 3. The summed E-state index contributed by atoms with van der Waals surface area (Å²) < 4.78 is 0. The molecule has 2 aromatic rings. The zero-order valence-corrected chi connectivity index (χ0v) is 13.1. The summed E-state index contributed by atoms with van der Waals surface area (Å²) in [5, 5.41) is 10.3. The highest BCUT2D eigenvalue weighted by atomic mass is 35.5. The lowest BCUT2D eigenvalue weighted by molar-refractivity contribution is 0.0925. The van der Waals surface area contributed by atoms with Crippen LogP contribution in [0.3, 0.4) is 0 Å². The van der Waals surface area contributed by atoms with E-state index in [2.05, 4.69) is 20.5 Å². The van der Waals surface area contributed by atoms with Gasteiger partial charge in [-0.05, 0) is 24.1 Å². The zero-order valence-electron chi connectivity index (χ0n) is 12.4. The number of benzene rings is 1. The number of aromatic nitrogens is 3. The minimum absolute atomic E-state index is 0.114. The molecule has 1 amide bonds. The number of aromatic amines is 1. The smallest absolute Gasteiger partial charge is 0.291 e. The van der Waals surface area contributed by atoms with Crippen LogP contribution in [0.25, 0.3) is 0 Å². The first-order chi connectivity index (χ1) is 10.0. The Hall–Kier alpha value is -1.88. The molecule has 2 rings (SSSR count). The van der Waals surface area contributed by atoms with E-state index in [0.717, 1.165) is 12.0 Å². The molecule has 21 heavy (non-hydrogen) atoms. The molecule has 1 unspecified atom stereocenters. The molecule has 1 heterocycles. The van der Waals surface area contributed by atoms with Crippen LogP contribution < -0.4 is 5.32 Å². The van der Waals surface area contributed by atoms with Crippen LogP contribution in [0, 0.1) is 0 Å². The molecule has 0 bridgehead atoms. The first-order valence-electron chi connectivity index (χ1n) is 6.99. The van der Waals surface area contributed by atoms with Crippen molar-refractivity contribution < 1.29 is 4.79 Å². The summed E-state index contributed by atoms with van der Waals surface area (Å²) in [5.74, 6) is 0.786. The topological polar surface area (TPSA) is 70.7 Å². The molecule has 1 aromatic carbocycles. The van der Waals surface area contributed by atoms with Crippen LogP contribution in [0.1, 0.15) is 61.2 Å². The summed E-state index contributed by atoms with van der Waals surface area (Å²) in [6, 6.07) is 7.36. The van der Waals surface area contributed by atoms with Crippen LogP contribution in [0.5, 0.6) is 0 Å². The SMILES string of the molecule is CCC(NC(=O)c1n[nH]c(C(C)C)n1)c1cccc(Cl)c1. The van der Waals surface area contributed by atoms with E-state index in [1.165, 1.54) is 0 Å². The predicted octanol–water partition coefficient (Wildman–Crippen LogP) is 3.46. The molecule has 0 spiro atoms. The Bertz CT molecular complexity index is 624. The largest absolute Gasteiger partial charge is 0.342 e. The minimum Gasteiger partial charge on any atom is -0.342 e. The molecule has 0 saturated heterocycles. The number of nitrogens with one attached hydrogen (secondary N) is 2. The first-order valence-corrected chi connectivity index (χ1v) is 7.37. The maximum atomic E-state index is 12.2. The Kier molecular flexibility index (Phi) is 4.96. The average Bonchev–Trinajstić information content (AvgIpc) is 2.94. The van der Waals surface area contributed by atoms with Crippen molar-refractivity contribution in [1.29, 1.82) is 0 Å². The standard InChI is InChI=1S/C15H19ClN4O/c1-4-12(10-6-5-7-11(16)8-10)17-15(21)14-18-13(9(2)3)19-20-14/h5-9,12H,4H2,1-3H3,(H,17,21)(H,18,19,20). The number of nitrogens with zero attached hydrogens (tertiary/aromatic N) is 2. The molecular weight excluding hydrogens is 288 g/mol. The van der Waals surface area contributed by atoms with Gasteiger partial charge in [0.15, 0.2) is 0 Å². The number of halogens is 1. The second-order valence-corrected chi connectivity index (χ2v) is 5.62. The van der Waals surface area contributed by atoms with Gasteiger partial charge in [-0.1, -0.05) is 44.5 Å². The van der Waals surface area contributed by atoms with E-state index in [1.807, 2.05) is 45.0 Å². The maximum absolute atomic E-state index is 12.2. The van der Waals surface area contributed by atoms with Gasteiger partial charge in [-0.2, -0.15) is 0 Å². The van der Waals surface area contributed by atoms with E-state index >= 15 is 0 Å². The fourth-order valence-electron chi connectivity index (χ4n) is 2.00. The monoisotopic (exact) mass is 306 g/mol. The summed E-state index contributed by atoms with van der Waals surface area (Å²) in [6.07, 6.45) is 0.757. The number of hydrogen-bond donors (Lipinski definition) is 2. The molecule has 6 heteroatoms. The molecular formula is C15H19ClN4O. The van der Waals surface area contributed by atoms with Crippen LogP contribution in [0.15, 0.2) is 24.3 Å². The molecule has 112 valence electrons. The molecule has 1 aromatic heterocycles. The van der Waals surface area contributed by atoms with E-state index in [9.17, 15) is 4.79 Å². The van der Waals surface area contributed by atoms with E-state index in [1.54, 1.807) is 0 Å². The molecule has 5 nitrogen and oxygen atoms in total. The van der Waals surface area contributed by atoms with Gasteiger partial charge >= 0.3 is 0 Å². The summed E-state index contributed by atoms with van der Waals surface area (Å²) in [7, 11) is 0. The number of H-pyrrole nitrogens is 1. The van der Waals surface area contributed by atoms with Crippen LogP contribution in [-0.2, 0) is 0 Å². The summed E-state index contributed by atoms with van der Waals surface area (Å²) in [6.45, 7) is 5.98. The molecule has 0 saturated carbocycles. The van der Waals surface area contributed by atoms with Crippen LogP contribution in [0.2, 0.25) is 5.02 Å². The fraction of sp³-hybridized carbons (Fsp3) is 0.400. The summed E-state index contributed by atoms with van der Waals surface area (Å²) in [4.78, 5) is 16.4. The van der Waals surface area contributed by atoms with Crippen molar-refractivity contribution in [3.05, 3.63) is 46.5 Å². The van der Waals surface area contributed by atoms with Gasteiger partial charge in [0.05, 0.1) is 6.04 Å². The average molecular weight is 307 g/mol. The molecule has 0 radical (unpaired) electrons. The normalized spacial score (nSPS) is 12.4. The molecule has 0 aliphatic carbocycles. The van der Waals surface area contributed by atoms with Gasteiger partial charge in [0.1, 0.15) is 5.82 Å². The zero-order chi connectivity index (χ0) is 15.4. The van der Waals surface area contributed by atoms with Crippen LogP contribution in [0.4, 0.5) is 0 Å². The lowest BCUT2D eigenvalue weighted by atomic mass is 10.0. The highest BCUT2D eigenvalue weighted by Gasteiger charge is 2.18. The highest BCUT2D eigenvalue weighted by molar-refractivity contribution is 6.30. The van der Waals surface area contributed by atoms with E-state index in [-0.39, 0.29) is 23.7 Å². The number of carbonyl (C=O) groups excluding carboxylic acids is 1. The van der Waals surface area contributed by atoms with Crippen molar-refractivity contribution in [2.24, 2.45) is 0 Å². The Morgan fingerprint density at radius 2 is 2.19 bits per heavy atom. The first kappa shape index (κ1) is 15.5. The molecule has 0 aliphatic rings. The van der Waals surface area contributed by atoms with Crippen molar-refractivity contribution in [1.82, 2.24) is 20.5 Å². The minimum atomic E-state index is -0.287. The van der Waals surface area contributed by atoms with Crippen LogP contribution >= 0.6 is 11.6 Å². The third-order valence-corrected chi connectivity index (χ3v) is 3.45. The van der Waals surface area contributed by atoms with Crippen molar-refractivity contribution in [3.63, 3.8) is 0 Å². The van der Waals surface area contributed by atoms with Crippen molar-refractivity contribution in [3.8, 4) is 0 Å². The van der Waals surface area contributed by atoms with E-state index < -0.39 is 0 Å². The van der Waals surface area contributed by atoms with Gasteiger partial charge < -0.3 is 5.32 Å². The van der Waals surface area contributed by atoms with Gasteiger partial charge in [-0.25, -0.2) is 4.98 Å². The second kappa shape index (κ2) is 6.72. The lowest BCUT2D eigenvalue weighted by Crippen LogP contribution is -2.29. The fourth-order valence-corrected chi connectivity index (χ4v) is 2.20. The Morgan fingerprint density at radius 1 is 1.43 bits per heavy atom. The molecule has 1 atom stereocenters. The van der Waals surface area contributed by atoms with Gasteiger partial charge in [0.2, 0.25) is 5.82 Å². The number of amides is 1. The quantitative estimate of drug-likeness (QED) is 0.888.